The molecule has 0 saturated carbocycles. The smallest absolute Gasteiger partial charge is 0.118 e. The molecule has 1 heterocycles. The van der Waals surface area contributed by atoms with Crippen molar-refractivity contribution in [1.82, 2.24) is 0 Å². The summed E-state index contributed by atoms with van der Waals surface area (Å²) in [5.41, 5.74) is 0. The molecule has 1 heteroatoms. The van der Waals surface area contributed by atoms with E-state index in [0.29, 0.717) is 0 Å². The average Bonchev–Trinajstić information content (AvgIpc) is 2.19. The molecule has 1 fully saturated rings. The van der Waals surface area contributed by atoms with Crippen molar-refractivity contribution in [2.75, 3.05) is 6.61 Å². The lowest BCUT2D eigenvalue weighted by atomic mass is 10.0. The van der Waals surface area contributed by atoms with E-state index in [9.17, 15) is 0 Å². The van der Waals surface area contributed by atoms with Crippen LogP contribution in [-0.4, -0.2) is 12.7 Å². The quantitative estimate of drug-likeness (QED) is 0.594. The van der Waals surface area contributed by atoms with Gasteiger partial charge >= 0.3 is 0 Å². The number of hydrogen-bond acceptors (Lipinski definition) is 1. The Morgan fingerprint density at radius 1 is 1.46 bits per heavy atom. The number of hydrogen-bond donors (Lipinski definition) is 0. The van der Waals surface area contributed by atoms with Crippen molar-refractivity contribution in [3.8, 4) is 11.8 Å². The first-order valence-corrected chi connectivity index (χ1v) is 5.43. The van der Waals surface area contributed by atoms with E-state index in [2.05, 4.69) is 25.7 Å². The van der Waals surface area contributed by atoms with E-state index in [1.807, 2.05) is 0 Å². The molecule has 0 spiro atoms. The molecule has 13 heavy (non-hydrogen) atoms. The Kier molecular flexibility index (Phi) is 4.93. The van der Waals surface area contributed by atoms with E-state index in [1.165, 1.54) is 19.3 Å². The molecule has 0 radical (unpaired) electrons. The van der Waals surface area contributed by atoms with Crippen LogP contribution in [0.5, 0.6) is 0 Å². The van der Waals surface area contributed by atoms with Gasteiger partial charge in [-0.05, 0) is 25.2 Å². The zero-order chi connectivity index (χ0) is 9.52. The van der Waals surface area contributed by atoms with E-state index < -0.39 is 0 Å². The van der Waals surface area contributed by atoms with Gasteiger partial charge in [0.1, 0.15) is 6.10 Å². The minimum absolute atomic E-state index is 0.234. The Morgan fingerprint density at radius 3 is 2.92 bits per heavy atom. The molecular weight excluding hydrogens is 160 g/mol. The fraction of sp³-hybridized carbons (Fsp3) is 0.833. The van der Waals surface area contributed by atoms with Crippen LogP contribution in [0.2, 0.25) is 0 Å². The third kappa shape index (κ3) is 4.33. The molecule has 1 aliphatic heterocycles. The number of rotatable bonds is 2. The molecule has 2 atom stereocenters. The second-order valence-electron chi connectivity index (χ2n) is 3.89. The first-order chi connectivity index (χ1) is 6.33. The summed E-state index contributed by atoms with van der Waals surface area (Å²) < 4.78 is 5.52. The van der Waals surface area contributed by atoms with Crippen LogP contribution in [0.25, 0.3) is 0 Å². The fourth-order valence-corrected chi connectivity index (χ4v) is 1.35. The minimum Gasteiger partial charge on any atom is -0.366 e. The van der Waals surface area contributed by atoms with E-state index in [0.717, 1.165) is 25.4 Å². The predicted molar refractivity (Wildman–Crippen MR) is 55.4 cm³/mol. The van der Waals surface area contributed by atoms with Gasteiger partial charge in [-0.1, -0.05) is 26.2 Å². The van der Waals surface area contributed by atoms with Crippen molar-refractivity contribution in [2.45, 2.75) is 52.1 Å². The lowest BCUT2D eigenvalue weighted by Crippen LogP contribution is -2.16. The monoisotopic (exact) mass is 180 g/mol. The summed E-state index contributed by atoms with van der Waals surface area (Å²) in [5, 5.41) is 0. The molecule has 0 aromatic rings. The Labute approximate surface area is 81.9 Å². The first-order valence-electron chi connectivity index (χ1n) is 5.43. The van der Waals surface area contributed by atoms with Crippen LogP contribution in [-0.2, 0) is 4.74 Å². The maximum atomic E-state index is 5.52. The van der Waals surface area contributed by atoms with Crippen LogP contribution in [0.3, 0.4) is 0 Å². The second-order valence-corrected chi connectivity index (χ2v) is 3.89. The number of ether oxygens (including phenoxy) is 1. The normalized spacial score (nSPS) is 24.6. The lowest BCUT2D eigenvalue weighted by molar-refractivity contribution is 0.0525. The lowest BCUT2D eigenvalue weighted by Gasteiger charge is -2.17. The highest BCUT2D eigenvalue weighted by molar-refractivity contribution is 5.06. The van der Waals surface area contributed by atoms with E-state index >= 15 is 0 Å². The summed E-state index contributed by atoms with van der Waals surface area (Å²) in [6.07, 6.45) is 6.11. The van der Waals surface area contributed by atoms with Gasteiger partial charge < -0.3 is 4.74 Å². The molecule has 1 nitrogen and oxygen atoms in total. The van der Waals surface area contributed by atoms with Crippen molar-refractivity contribution in [3.63, 3.8) is 0 Å². The van der Waals surface area contributed by atoms with E-state index in [-0.39, 0.29) is 6.10 Å². The predicted octanol–water partition coefficient (Wildman–Crippen LogP) is 3.00. The summed E-state index contributed by atoms with van der Waals surface area (Å²) in [6, 6.07) is 0. The zero-order valence-electron chi connectivity index (χ0n) is 8.81. The minimum atomic E-state index is 0.234. The highest BCUT2D eigenvalue weighted by atomic mass is 16.5. The van der Waals surface area contributed by atoms with Crippen LogP contribution in [0.1, 0.15) is 46.0 Å². The van der Waals surface area contributed by atoms with Crippen molar-refractivity contribution in [2.24, 2.45) is 5.92 Å². The highest BCUT2D eigenvalue weighted by Gasteiger charge is 2.09. The van der Waals surface area contributed by atoms with Gasteiger partial charge in [-0.2, -0.15) is 0 Å². The molecule has 0 amide bonds. The Hall–Kier alpha value is -0.480. The van der Waals surface area contributed by atoms with Gasteiger partial charge in [-0.25, -0.2) is 0 Å². The van der Waals surface area contributed by atoms with Gasteiger partial charge in [-0.15, -0.1) is 5.92 Å². The van der Waals surface area contributed by atoms with Crippen molar-refractivity contribution in [1.29, 1.82) is 0 Å². The van der Waals surface area contributed by atoms with E-state index in [1.54, 1.807) is 0 Å². The highest BCUT2D eigenvalue weighted by Crippen LogP contribution is 2.12. The van der Waals surface area contributed by atoms with Crippen LogP contribution in [0, 0.1) is 17.8 Å². The summed E-state index contributed by atoms with van der Waals surface area (Å²) >= 11 is 0. The average molecular weight is 180 g/mol. The maximum Gasteiger partial charge on any atom is 0.118 e. The summed E-state index contributed by atoms with van der Waals surface area (Å²) in [7, 11) is 0. The van der Waals surface area contributed by atoms with Gasteiger partial charge in [0.25, 0.3) is 0 Å². The van der Waals surface area contributed by atoms with Crippen LogP contribution < -0.4 is 0 Å². The zero-order valence-corrected chi connectivity index (χ0v) is 8.81. The molecule has 1 aliphatic rings. The summed E-state index contributed by atoms with van der Waals surface area (Å²) in [5.74, 6) is 7.18. The van der Waals surface area contributed by atoms with Crippen molar-refractivity contribution in [3.05, 3.63) is 0 Å². The van der Waals surface area contributed by atoms with Crippen molar-refractivity contribution < 1.29 is 4.74 Å². The third-order valence-electron chi connectivity index (χ3n) is 2.59. The Bertz CT molecular complexity index is 181. The van der Waals surface area contributed by atoms with Crippen LogP contribution in [0.15, 0.2) is 0 Å². The summed E-state index contributed by atoms with van der Waals surface area (Å²) in [4.78, 5) is 0. The SMILES string of the molecule is CCC(C)CC#CC1CCCCO1. The molecule has 0 aromatic heterocycles. The van der Waals surface area contributed by atoms with Crippen LogP contribution >= 0.6 is 0 Å². The molecule has 0 aliphatic carbocycles. The molecule has 1 saturated heterocycles. The molecule has 1 rings (SSSR count). The van der Waals surface area contributed by atoms with Crippen LogP contribution in [0.4, 0.5) is 0 Å². The van der Waals surface area contributed by atoms with E-state index in [4.69, 9.17) is 4.74 Å². The molecule has 0 N–H and O–H groups in total. The second kappa shape index (κ2) is 6.05. The molecule has 74 valence electrons. The first kappa shape index (κ1) is 10.6. The summed E-state index contributed by atoms with van der Waals surface area (Å²) in [6.45, 7) is 5.36. The van der Waals surface area contributed by atoms with Gasteiger partial charge in [0.05, 0.1) is 0 Å². The fourth-order valence-electron chi connectivity index (χ4n) is 1.35. The van der Waals surface area contributed by atoms with Crippen molar-refractivity contribution >= 4 is 0 Å². The van der Waals surface area contributed by atoms with Gasteiger partial charge in [0.2, 0.25) is 0 Å². The molecule has 0 bridgehead atoms. The van der Waals surface area contributed by atoms with Gasteiger partial charge in [0.15, 0.2) is 0 Å². The van der Waals surface area contributed by atoms with Gasteiger partial charge in [0, 0.05) is 13.0 Å². The molecular formula is C12H20O. The Balaban J connectivity index is 2.20. The molecule has 2 unspecified atom stereocenters. The topological polar surface area (TPSA) is 9.23 Å². The third-order valence-corrected chi connectivity index (χ3v) is 2.59. The molecule has 0 aromatic carbocycles. The standard InChI is InChI=1S/C12H20O/c1-3-11(2)7-6-9-12-8-4-5-10-13-12/h11-12H,3-5,7-8,10H2,1-2H3. The Morgan fingerprint density at radius 2 is 2.31 bits per heavy atom. The largest absolute Gasteiger partial charge is 0.366 e. The maximum absolute atomic E-state index is 5.52. The van der Waals surface area contributed by atoms with Gasteiger partial charge in [-0.3, -0.25) is 0 Å².